The van der Waals surface area contributed by atoms with E-state index in [9.17, 15) is 9.59 Å². The third kappa shape index (κ3) is 3.74. The van der Waals surface area contributed by atoms with Crippen molar-refractivity contribution in [3.63, 3.8) is 0 Å². The van der Waals surface area contributed by atoms with Crippen LogP contribution in [0.4, 0.5) is 4.79 Å². The summed E-state index contributed by atoms with van der Waals surface area (Å²) >= 11 is 0. The van der Waals surface area contributed by atoms with Crippen LogP contribution in [0.2, 0.25) is 0 Å². The number of furan rings is 1. The molecule has 6 heteroatoms. The van der Waals surface area contributed by atoms with E-state index in [0.29, 0.717) is 6.54 Å². The van der Waals surface area contributed by atoms with Crippen LogP contribution in [0.3, 0.4) is 0 Å². The van der Waals surface area contributed by atoms with Gasteiger partial charge in [0.1, 0.15) is 5.76 Å². The highest BCUT2D eigenvalue weighted by Gasteiger charge is 2.14. The molecule has 0 saturated carbocycles. The van der Waals surface area contributed by atoms with E-state index in [2.05, 4.69) is 16.0 Å². The van der Waals surface area contributed by atoms with Gasteiger partial charge in [0.15, 0.2) is 0 Å². The minimum atomic E-state index is -0.517. The standard InChI is InChI=1S/C10H15N3O3/c1-7(9(14)13-10(15)11-2)12-6-8-4-3-5-16-8/h3-5,7,12H,6H2,1-2H3,(H2,11,13,14,15). The molecule has 6 nitrogen and oxygen atoms in total. The first-order valence-electron chi connectivity index (χ1n) is 4.92. The fraction of sp³-hybridized carbons (Fsp3) is 0.400. The van der Waals surface area contributed by atoms with Crippen LogP contribution in [-0.2, 0) is 11.3 Å². The molecule has 16 heavy (non-hydrogen) atoms. The summed E-state index contributed by atoms with van der Waals surface area (Å²) in [4.78, 5) is 22.3. The minimum absolute atomic E-state index is 0.383. The smallest absolute Gasteiger partial charge is 0.321 e. The van der Waals surface area contributed by atoms with Gasteiger partial charge in [-0.3, -0.25) is 15.4 Å². The van der Waals surface area contributed by atoms with Gasteiger partial charge >= 0.3 is 6.03 Å². The molecular formula is C10H15N3O3. The first-order chi connectivity index (χ1) is 7.63. The fourth-order valence-electron chi connectivity index (χ4n) is 1.04. The molecule has 3 N–H and O–H groups in total. The Morgan fingerprint density at radius 2 is 2.25 bits per heavy atom. The average Bonchev–Trinajstić information content (AvgIpc) is 2.78. The average molecular weight is 225 g/mol. The maximum absolute atomic E-state index is 11.4. The van der Waals surface area contributed by atoms with Crippen molar-refractivity contribution in [2.24, 2.45) is 0 Å². The molecule has 0 aromatic carbocycles. The van der Waals surface area contributed by atoms with Crippen molar-refractivity contribution in [2.75, 3.05) is 7.05 Å². The summed E-state index contributed by atoms with van der Waals surface area (Å²) in [5.41, 5.74) is 0. The SMILES string of the molecule is CNC(=O)NC(=O)C(C)NCc1ccco1. The van der Waals surface area contributed by atoms with E-state index in [1.54, 1.807) is 25.3 Å². The van der Waals surface area contributed by atoms with E-state index in [0.717, 1.165) is 5.76 Å². The number of carbonyl (C=O) groups excluding carboxylic acids is 2. The predicted octanol–water partition coefficient (Wildman–Crippen LogP) is 0.213. The first kappa shape index (κ1) is 12.3. The van der Waals surface area contributed by atoms with Crippen molar-refractivity contribution in [1.29, 1.82) is 0 Å². The Labute approximate surface area is 93.4 Å². The van der Waals surface area contributed by atoms with Crippen molar-refractivity contribution in [1.82, 2.24) is 16.0 Å². The van der Waals surface area contributed by atoms with Gasteiger partial charge in [-0.1, -0.05) is 0 Å². The Morgan fingerprint density at radius 1 is 1.50 bits per heavy atom. The summed E-state index contributed by atoms with van der Waals surface area (Å²) in [5.74, 6) is 0.352. The van der Waals surface area contributed by atoms with Gasteiger partial charge in [0, 0.05) is 7.05 Å². The van der Waals surface area contributed by atoms with Crippen molar-refractivity contribution in [3.8, 4) is 0 Å². The van der Waals surface area contributed by atoms with Crippen LogP contribution in [-0.4, -0.2) is 25.0 Å². The largest absolute Gasteiger partial charge is 0.468 e. The van der Waals surface area contributed by atoms with E-state index < -0.39 is 12.1 Å². The van der Waals surface area contributed by atoms with E-state index in [1.807, 2.05) is 0 Å². The molecule has 0 saturated heterocycles. The zero-order valence-electron chi connectivity index (χ0n) is 9.24. The van der Waals surface area contributed by atoms with E-state index in [4.69, 9.17) is 4.42 Å². The van der Waals surface area contributed by atoms with Crippen molar-refractivity contribution < 1.29 is 14.0 Å². The normalized spacial score (nSPS) is 11.9. The quantitative estimate of drug-likeness (QED) is 0.684. The van der Waals surface area contributed by atoms with E-state index in [-0.39, 0.29) is 5.91 Å². The number of carbonyl (C=O) groups is 2. The fourth-order valence-corrected chi connectivity index (χ4v) is 1.04. The summed E-state index contributed by atoms with van der Waals surface area (Å²) in [7, 11) is 1.45. The maximum atomic E-state index is 11.4. The molecule has 1 atom stereocenters. The number of hydrogen-bond acceptors (Lipinski definition) is 4. The second-order valence-electron chi connectivity index (χ2n) is 3.25. The molecule has 0 fully saturated rings. The molecule has 0 spiro atoms. The Bertz CT molecular complexity index is 348. The summed E-state index contributed by atoms with van der Waals surface area (Å²) < 4.78 is 5.09. The van der Waals surface area contributed by atoms with Gasteiger partial charge in [0.2, 0.25) is 5.91 Å². The Balaban J connectivity index is 2.31. The zero-order chi connectivity index (χ0) is 12.0. The number of imide groups is 1. The molecule has 1 heterocycles. The highest BCUT2D eigenvalue weighted by atomic mass is 16.3. The molecule has 0 bridgehead atoms. The van der Waals surface area contributed by atoms with E-state index in [1.165, 1.54) is 7.05 Å². The molecule has 0 aliphatic heterocycles. The lowest BCUT2D eigenvalue weighted by molar-refractivity contribution is -0.121. The van der Waals surface area contributed by atoms with Gasteiger partial charge in [-0.15, -0.1) is 0 Å². The Kier molecular flexibility index (Phi) is 4.53. The van der Waals surface area contributed by atoms with Gasteiger partial charge in [-0.05, 0) is 19.1 Å². The van der Waals surface area contributed by atoms with Crippen LogP contribution in [0.1, 0.15) is 12.7 Å². The van der Waals surface area contributed by atoms with Crippen molar-refractivity contribution >= 4 is 11.9 Å². The Morgan fingerprint density at radius 3 is 2.81 bits per heavy atom. The van der Waals surface area contributed by atoms with E-state index >= 15 is 0 Å². The van der Waals surface area contributed by atoms with Crippen molar-refractivity contribution in [3.05, 3.63) is 24.2 Å². The third-order valence-electron chi connectivity index (χ3n) is 2.02. The summed E-state index contributed by atoms with van der Waals surface area (Å²) in [5, 5.41) is 7.41. The molecule has 0 radical (unpaired) electrons. The molecule has 1 rings (SSSR count). The van der Waals surface area contributed by atoms with Crippen LogP contribution in [0.15, 0.2) is 22.8 Å². The molecule has 1 aromatic heterocycles. The molecular weight excluding hydrogens is 210 g/mol. The number of rotatable bonds is 4. The summed E-state index contributed by atoms with van der Waals surface area (Å²) in [6.07, 6.45) is 1.56. The van der Waals surface area contributed by atoms with Crippen LogP contribution in [0.5, 0.6) is 0 Å². The lowest BCUT2D eigenvalue weighted by Crippen LogP contribution is -2.47. The van der Waals surface area contributed by atoms with Crippen molar-refractivity contribution in [2.45, 2.75) is 19.5 Å². The van der Waals surface area contributed by atoms with Gasteiger partial charge < -0.3 is 9.73 Å². The minimum Gasteiger partial charge on any atom is -0.468 e. The topological polar surface area (TPSA) is 83.4 Å². The molecule has 1 unspecified atom stereocenters. The zero-order valence-corrected chi connectivity index (χ0v) is 9.24. The van der Waals surface area contributed by atoms with Crippen LogP contribution < -0.4 is 16.0 Å². The number of hydrogen-bond donors (Lipinski definition) is 3. The molecule has 0 aliphatic rings. The first-order valence-corrected chi connectivity index (χ1v) is 4.92. The second-order valence-corrected chi connectivity index (χ2v) is 3.25. The number of nitrogens with one attached hydrogen (secondary N) is 3. The summed E-state index contributed by atoms with van der Waals surface area (Å²) in [6.45, 7) is 2.11. The van der Waals surface area contributed by atoms with Gasteiger partial charge in [0.05, 0.1) is 18.8 Å². The van der Waals surface area contributed by atoms with Crippen LogP contribution >= 0.6 is 0 Å². The van der Waals surface area contributed by atoms with Crippen LogP contribution in [0, 0.1) is 0 Å². The predicted molar refractivity (Wildman–Crippen MR) is 57.6 cm³/mol. The molecule has 0 aliphatic carbocycles. The highest BCUT2D eigenvalue weighted by Crippen LogP contribution is 1.99. The molecule has 88 valence electrons. The Hall–Kier alpha value is -1.82. The second kappa shape index (κ2) is 5.92. The van der Waals surface area contributed by atoms with Gasteiger partial charge in [-0.25, -0.2) is 4.79 Å². The molecule has 1 aromatic rings. The van der Waals surface area contributed by atoms with Gasteiger partial charge in [-0.2, -0.15) is 0 Å². The lowest BCUT2D eigenvalue weighted by atomic mass is 10.3. The monoisotopic (exact) mass is 225 g/mol. The van der Waals surface area contributed by atoms with Gasteiger partial charge in [0.25, 0.3) is 0 Å². The van der Waals surface area contributed by atoms with Crippen LogP contribution in [0.25, 0.3) is 0 Å². The third-order valence-corrected chi connectivity index (χ3v) is 2.02. The lowest BCUT2D eigenvalue weighted by Gasteiger charge is -2.11. The summed E-state index contributed by atoms with van der Waals surface area (Å²) in [6, 6.07) is 2.59. The highest BCUT2D eigenvalue weighted by molar-refractivity contribution is 5.96. The maximum Gasteiger partial charge on any atom is 0.321 e. The molecule has 3 amide bonds. The number of amides is 3. The number of urea groups is 1.